The van der Waals surface area contributed by atoms with E-state index in [2.05, 4.69) is 10.3 Å². The van der Waals surface area contributed by atoms with Gasteiger partial charge in [-0.2, -0.15) is 0 Å². The third kappa shape index (κ3) is 5.34. The Morgan fingerprint density at radius 3 is 2.67 bits per heavy atom. The molecule has 3 N–H and O–H groups in total. The third-order valence-electron chi connectivity index (χ3n) is 4.27. The van der Waals surface area contributed by atoms with Gasteiger partial charge in [0.2, 0.25) is 5.91 Å². The Balaban J connectivity index is 1.58. The first-order chi connectivity index (χ1) is 13.1. The van der Waals surface area contributed by atoms with Crippen LogP contribution in [-0.4, -0.2) is 28.5 Å². The molecule has 0 radical (unpaired) electrons. The van der Waals surface area contributed by atoms with E-state index in [9.17, 15) is 9.59 Å². The summed E-state index contributed by atoms with van der Waals surface area (Å²) in [5.41, 5.74) is 3.19. The number of carbonyl (C=O) groups is 2. The number of amides is 1. The van der Waals surface area contributed by atoms with Gasteiger partial charge < -0.3 is 20.1 Å². The van der Waals surface area contributed by atoms with Crippen LogP contribution in [0.5, 0.6) is 5.75 Å². The molecule has 0 saturated heterocycles. The van der Waals surface area contributed by atoms with E-state index in [0.717, 1.165) is 27.8 Å². The van der Waals surface area contributed by atoms with Gasteiger partial charge in [-0.05, 0) is 35.7 Å². The molecule has 0 aliphatic heterocycles. The number of aliphatic carboxylic acids is 1. The fraction of sp³-hybridized carbons (Fsp3) is 0.238. The normalized spacial score (nSPS) is 10.7. The quantitative estimate of drug-likeness (QED) is 0.542. The Hall–Kier alpha value is -3.28. The summed E-state index contributed by atoms with van der Waals surface area (Å²) in [6.45, 7) is 0.965. The number of hydrogen-bond acceptors (Lipinski definition) is 3. The topological polar surface area (TPSA) is 91.4 Å². The zero-order valence-corrected chi connectivity index (χ0v) is 14.9. The van der Waals surface area contributed by atoms with Gasteiger partial charge in [-0.25, -0.2) is 0 Å². The second-order valence-corrected chi connectivity index (χ2v) is 6.29. The lowest BCUT2D eigenvalue weighted by Gasteiger charge is -2.07. The van der Waals surface area contributed by atoms with Crippen molar-refractivity contribution in [1.82, 2.24) is 10.3 Å². The zero-order chi connectivity index (χ0) is 19.1. The lowest BCUT2D eigenvalue weighted by atomic mass is 10.1. The first kappa shape index (κ1) is 18.5. The monoisotopic (exact) mass is 366 g/mol. The fourth-order valence-corrected chi connectivity index (χ4v) is 2.84. The highest BCUT2D eigenvalue weighted by Crippen LogP contribution is 2.24. The number of hydrogen-bond donors (Lipinski definition) is 3. The predicted octanol–water partition coefficient (Wildman–Crippen LogP) is 3.27. The van der Waals surface area contributed by atoms with Gasteiger partial charge in [0, 0.05) is 30.1 Å². The summed E-state index contributed by atoms with van der Waals surface area (Å²) in [7, 11) is 0. The highest BCUT2D eigenvalue weighted by atomic mass is 16.5. The van der Waals surface area contributed by atoms with Crippen LogP contribution in [0.1, 0.15) is 24.0 Å². The standard InChI is InChI=1S/C21H22N2O4/c24-20(8-9-21(25)26)22-11-10-16-13-23-19-7-6-17(12-18(16)19)27-14-15-4-2-1-3-5-15/h1-7,12-13,23H,8-11,14H2,(H,22,24)(H,25,26). The van der Waals surface area contributed by atoms with E-state index in [-0.39, 0.29) is 18.7 Å². The highest BCUT2D eigenvalue weighted by Gasteiger charge is 2.08. The number of aromatic nitrogens is 1. The van der Waals surface area contributed by atoms with Gasteiger partial charge in [-0.1, -0.05) is 30.3 Å². The first-order valence-electron chi connectivity index (χ1n) is 8.87. The second-order valence-electron chi connectivity index (χ2n) is 6.29. The van der Waals surface area contributed by atoms with E-state index in [1.54, 1.807) is 0 Å². The average Bonchev–Trinajstić information content (AvgIpc) is 3.08. The molecule has 0 aliphatic rings. The van der Waals surface area contributed by atoms with Gasteiger partial charge in [-0.15, -0.1) is 0 Å². The summed E-state index contributed by atoms with van der Waals surface area (Å²) >= 11 is 0. The van der Waals surface area contributed by atoms with Gasteiger partial charge >= 0.3 is 5.97 Å². The molecular formula is C21H22N2O4. The minimum atomic E-state index is -0.968. The lowest BCUT2D eigenvalue weighted by molar-refractivity contribution is -0.138. The van der Waals surface area contributed by atoms with E-state index in [1.165, 1.54) is 0 Å². The molecule has 0 aliphatic carbocycles. The largest absolute Gasteiger partial charge is 0.489 e. The van der Waals surface area contributed by atoms with Crippen molar-refractivity contribution >= 4 is 22.8 Å². The van der Waals surface area contributed by atoms with Gasteiger partial charge in [0.15, 0.2) is 0 Å². The second kappa shape index (κ2) is 8.89. The molecular weight excluding hydrogens is 344 g/mol. The van der Waals surface area contributed by atoms with Crippen LogP contribution in [0.2, 0.25) is 0 Å². The number of ether oxygens (including phenoxy) is 1. The maximum atomic E-state index is 11.6. The van der Waals surface area contributed by atoms with E-state index in [0.29, 0.717) is 19.6 Å². The van der Waals surface area contributed by atoms with Crippen LogP contribution in [0, 0.1) is 0 Å². The van der Waals surface area contributed by atoms with Gasteiger partial charge in [0.05, 0.1) is 6.42 Å². The van der Waals surface area contributed by atoms with E-state index in [1.807, 2.05) is 54.7 Å². The molecule has 0 saturated carbocycles. The lowest BCUT2D eigenvalue weighted by Crippen LogP contribution is -2.25. The van der Waals surface area contributed by atoms with E-state index in [4.69, 9.17) is 9.84 Å². The van der Waals surface area contributed by atoms with Crippen LogP contribution in [0.25, 0.3) is 10.9 Å². The first-order valence-corrected chi connectivity index (χ1v) is 8.87. The molecule has 0 fully saturated rings. The molecule has 140 valence electrons. The summed E-state index contributed by atoms with van der Waals surface area (Å²) in [6.07, 6.45) is 2.43. The van der Waals surface area contributed by atoms with Crippen LogP contribution >= 0.6 is 0 Å². The van der Waals surface area contributed by atoms with Crippen molar-refractivity contribution < 1.29 is 19.4 Å². The molecule has 1 amide bonds. The van der Waals surface area contributed by atoms with Crippen molar-refractivity contribution in [3.05, 3.63) is 65.9 Å². The number of carboxylic acid groups (broad SMARTS) is 1. The van der Waals surface area contributed by atoms with Crippen LogP contribution in [0.4, 0.5) is 0 Å². The Bertz CT molecular complexity index is 918. The van der Waals surface area contributed by atoms with Crippen LogP contribution in [0.15, 0.2) is 54.7 Å². The zero-order valence-electron chi connectivity index (χ0n) is 14.9. The summed E-state index contributed by atoms with van der Waals surface area (Å²) in [5, 5.41) is 12.4. The number of rotatable bonds is 9. The maximum absolute atomic E-state index is 11.6. The van der Waals surface area contributed by atoms with Crippen molar-refractivity contribution in [2.45, 2.75) is 25.9 Å². The average molecular weight is 366 g/mol. The number of carbonyl (C=O) groups excluding carboxylic acids is 1. The van der Waals surface area contributed by atoms with Crippen LogP contribution in [-0.2, 0) is 22.6 Å². The maximum Gasteiger partial charge on any atom is 0.303 e. The molecule has 27 heavy (non-hydrogen) atoms. The Morgan fingerprint density at radius 1 is 1.07 bits per heavy atom. The number of fused-ring (bicyclic) bond motifs is 1. The number of nitrogens with one attached hydrogen (secondary N) is 2. The number of benzene rings is 2. The Morgan fingerprint density at radius 2 is 1.89 bits per heavy atom. The predicted molar refractivity (Wildman–Crippen MR) is 103 cm³/mol. The number of aromatic amines is 1. The molecule has 0 atom stereocenters. The van der Waals surface area contributed by atoms with Gasteiger partial charge in [-0.3, -0.25) is 9.59 Å². The summed E-state index contributed by atoms with van der Waals surface area (Å²) < 4.78 is 5.88. The van der Waals surface area contributed by atoms with E-state index >= 15 is 0 Å². The Labute approximate surface area is 157 Å². The molecule has 1 heterocycles. The molecule has 0 unspecified atom stereocenters. The summed E-state index contributed by atoms with van der Waals surface area (Å²) in [6, 6.07) is 15.9. The Kier molecular flexibility index (Phi) is 6.10. The number of carboxylic acids is 1. The smallest absolute Gasteiger partial charge is 0.303 e. The minimum absolute atomic E-state index is 0.000687. The molecule has 1 aromatic heterocycles. The molecule has 0 spiro atoms. The fourth-order valence-electron chi connectivity index (χ4n) is 2.84. The molecule has 2 aromatic carbocycles. The van der Waals surface area contributed by atoms with Crippen molar-refractivity contribution in [3.63, 3.8) is 0 Å². The molecule has 3 aromatic rings. The molecule has 6 nitrogen and oxygen atoms in total. The van der Waals surface area contributed by atoms with Crippen molar-refractivity contribution in [2.75, 3.05) is 6.54 Å². The third-order valence-corrected chi connectivity index (χ3v) is 4.27. The molecule has 0 bridgehead atoms. The van der Waals surface area contributed by atoms with Crippen LogP contribution < -0.4 is 10.1 Å². The van der Waals surface area contributed by atoms with Crippen molar-refractivity contribution in [1.29, 1.82) is 0 Å². The SMILES string of the molecule is O=C(O)CCC(=O)NCCc1c[nH]c2ccc(OCc3ccccc3)cc12. The molecule has 3 rings (SSSR count). The minimum Gasteiger partial charge on any atom is -0.489 e. The van der Waals surface area contributed by atoms with E-state index < -0.39 is 5.97 Å². The summed E-state index contributed by atoms with van der Waals surface area (Å²) in [4.78, 5) is 25.3. The molecule has 6 heteroatoms. The van der Waals surface area contributed by atoms with Gasteiger partial charge in [0.1, 0.15) is 12.4 Å². The van der Waals surface area contributed by atoms with Crippen molar-refractivity contribution in [3.8, 4) is 5.75 Å². The van der Waals surface area contributed by atoms with Crippen LogP contribution in [0.3, 0.4) is 0 Å². The van der Waals surface area contributed by atoms with Gasteiger partial charge in [0.25, 0.3) is 0 Å². The number of H-pyrrole nitrogens is 1. The highest BCUT2D eigenvalue weighted by molar-refractivity contribution is 5.85. The van der Waals surface area contributed by atoms with Crippen molar-refractivity contribution in [2.24, 2.45) is 0 Å². The summed E-state index contributed by atoms with van der Waals surface area (Å²) in [5.74, 6) is -0.424.